The Morgan fingerprint density at radius 1 is 1.67 bits per heavy atom. The minimum absolute atomic E-state index is 0.119. The predicted molar refractivity (Wildman–Crippen MR) is 42.0 cm³/mol. The summed E-state index contributed by atoms with van der Waals surface area (Å²) < 4.78 is 9.20. The van der Waals surface area contributed by atoms with Gasteiger partial charge in [-0.1, -0.05) is 6.92 Å². The Morgan fingerprint density at radius 2 is 2.33 bits per heavy atom. The summed E-state index contributed by atoms with van der Waals surface area (Å²) in [6.45, 7) is 2.20. The van der Waals surface area contributed by atoms with Crippen LogP contribution in [0.3, 0.4) is 0 Å². The van der Waals surface area contributed by atoms with Crippen molar-refractivity contribution in [3.8, 4) is 6.07 Å². The molecule has 66 valence electrons. The predicted octanol–water partition coefficient (Wildman–Crippen LogP) is 0.993. The third-order valence-electron chi connectivity index (χ3n) is 1.01. The van der Waals surface area contributed by atoms with E-state index in [0.717, 1.165) is 12.7 Å². The van der Waals surface area contributed by atoms with Gasteiger partial charge in [-0.15, -0.1) is 0 Å². The fourth-order valence-electron chi connectivity index (χ4n) is 0.510. The average Bonchev–Trinajstić information content (AvgIpc) is 2.10. The van der Waals surface area contributed by atoms with Gasteiger partial charge in [-0.05, 0) is 6.42 Å². The lowest BCUT2D eigenvalue weighted by Gasteiger charge is -1.99. The summed E-state index contributed by atoms with van der Waals surface area (Å²) in [7, 11) is 1.37. The highest BCUT2D eigenvalue weighted by Crippen LogP contribution is 1.96. The largest absolute Gasteiger partial charge is 0.503 e. The van der Waals surface area contributed by atoms with Gasteiger partial charge in [0, 0.05) is 0 Å². The SMILES string of the molecule is CCCOC(=O)/C(C#N)=C/OC. The van der Waals surface area contributed by atoms with E-state index in [2.05, 4.69) is 9.47 Å². The molecule has 0 aliphatic carbocycles. The molecule has 0 aliphatic rings. The number of esters is 1. The van der Waals surface area contributed by atoms with E-state index in [-0.39, 0.29) is 5.57 Å². The van der Waals surface area contributed by atoms with Crippen LogP contribution < -0.4 is 0 Å². The molecule has 0 unspecified atom stereocenters. The fourth-order valence-corrected chi connectivity index (χ4v) is 0.510. The number of ether oxygens (including phenoxy) is 2. The van der Waals surface area contributed by atoms with Gasteiger partial charge in [0.25, 0.3) is 0 Å². The third kappa shape index (κ3) is 3.62. The van der Waals surface area contributed by atoms with Gasteiger partial charge >= 0.3 is 5.97 Å². The Bertz CT molecular complexity index is 215. The maximum atomic E-state index is 10.9. The van der Waals surface area contributed by atoms with Crippen LogP contribution in [0.5, 0.6) is 0 Å². The van der Waals surface area contributed by atoms with E-state index >= 15 is 0 Å². The highest BCUT2D eigenvalue weighted by atomic mass is 16.5. The van der Waals surface area contributed by atoms with Crippen LogP contribution in [0.4, 0.5) is 0 Å². The van der Waals surface area contributed by atoms with Crippen molar-refractivity contribution < 1.29 is 14.3 Å². The molecule has 0 saturated carbocycles. The minimum Gasteiger partial charge on any atom is -0.503 e. The Labute approximate surface area is 71.4 Å². The lowest BCUT2D eigenvalue weighted by molar-refractivity contribution is -0.138. The molecule has 0 bridgehead atoms. The van der Waals surface area contributed by atoms with Crippen LogP contribution in [0.1, 0.15) is 13.3 Å². The molecule has 0 atom stereocenters. The molecule has 0 aromatic heterocycles. The van der Waals surface area contributed by atoms with E-state index in [1.807, 2.05) is 6.92 Å². The molecule has 0 rings (SSSR count). The van der Waals surface area contributed by atoms with Gasteiger partial charge in [-0.2, -0.15) is 5.26 Å². The number of nitrogens with zero attached hydrogens (tertiary/aromatic N) is 1. The molecular formula is C8H11NO3. The Balaban J connectivity index is 4.07. The van der Waals surface area contributed by atoms with Crippen molar-refractivity contribution >= 4 is 5.97 Å². The maximum absolute atomic E-state index is 10.9. The fraction of sp³-hybridized carbons (Fsp3) is 0.500. The molecule has 12 heavy (non-hydrogen) atoms. The first-order valence-corrected chi connectivity index (χ1v) is 3.56. The first-order valence-electron chi connectivity index (χ1n) is 3.56. The van der Waals surface area contributed by atoms with E-state index in [0.29, 0.717) is 6.61 Å². The van der Waals surface area contributed by atoms with Crippen LogP contribution in [0, 0.1) is 11.3 Å². The number of nitriles is 1. The van der Waals surface area contributed by atoms with Crippen LogP contribution in [0.25, 0.3) is 0 Å². The first-order chi connectivity index (χ1) is 5.76. The molecule has 0 aliphatic heterocycles. The van der Waals surface area contributed by atoms with E-state index in [9.17, 15) is 4.79 Å². The zero-order chi connectivity index (χ0) is 9.40. The van der Waals surface area contributed by atoms with Crippen molar-refractivity contribution in [1.82, 2.24) is 0 Å². The van der Waals surface area contributed by atoms with E-state index in [4.69, 9.17) is 5.26 Å². The summed E-state index contributed by atoms with van der Waals surface area (Å²) in [6.07, 6.45) is 1.80. The summed E-state index contributed by atoms with van der Waals surface area (Å²) in [4.78, 5) is 10.9. The van der Waals surface area contributed by atoms with Gasteiger partial charge in [0.05, 0.1) is 13.7 Å². The monoisotopic (exact) mass is 169 g/mol. The molecule has 0 N–H and O–H groups in total. The second-order valence-electron chi connectivity index (χ2n) is 2.01. The van der Waals surface area contributed by atoms with Gasteiger partial charge in [0.1, 0.15) is 12.3 Å². The molecule has 0 saturated heterocycles. The molecular weight excluding hydrogens is 158 g/mol. The van der Waals surface area contributed by atoms with Crippen LogP contribution in [0.2, 0.25) is 0 Å². The number of hydrogen-bond donors (Lipinski definition) is 0. The molecule has 0 radical (unpaired) electrons. The Morgan fingerprint density at radius 3 is 2.75 bits per heavy atom. The van der Waals surface area contributed by atoms with E-state index in [1.165, 1.54) is 7.11 Å². The Kier molecular flexibility index (Phi) is 5.45. The van der Waals surface area contributed by atoms with Gasteiger partial charge in [0.2, 0.25) is 0 Å². The average molecular weight is 169 g/mol. The minimum atomic E-state index is -0.638. The van der Waals surface area contributed by atoms with E-state index < -0.39 is 5.97 Å². The highest BCUT2D eigenvalue weighted by molar-refractivity contribution is 5.92. The zero-order valence-corrected chi connectivity index (χ0v) is 7.16. The smallest absolute Gasteiger partial charge is 0.352 e. The summed E-state index contributed by atoms with van der Waals surface area (Å²) in [5.74, 6) is -0.638. The number of hydrogen-bond acceptors (Lipinski definition) is 4. The topological polar surface area (TPSA) is 59.3 Å². The molecule has 4 heteroatoms. The van der Waals surface area contributed by atoms with Crippen LogP contribution in [-0.2, 0) is 14.3 Å². The second-order valence-corrected chi connectivity index (χ2v) is 2.01. The molecule has 0 aromatic rings. The molecule has 4 nitrogen and oxygen atoms in total. The number of carbonyl (C=O) groups is 1. The molecule has 0 heterocycles. The number of carbonyl (C=O) groups excluding carboxylic acids is 1. The lowest BCUT2D eigenvalue weighted by atomic mass is 10.3. The van der Waals surface area contributed by atoms with Crippen LogP contribution in [0.15, 0.2) is 11.8 Å². The Hall–Kier alpha value is -1.50. The third-order valence-corrected chi connectivity index (χ3v) is 1.01. The summed E-state index contributed by atoms with van der Waals surface area (Å²) >= 11 is 0. The van der Waals surface area contributed by atoms with Crippen molar-refractivity contribution in [3.05, 3.63) is 11.8 Å². The first kappa shape index (κ1) is 10.5. The van der Waals surface area contributed by atoms with E-state index in [1.54, 1.807) is 6.07 Å². The zero-order valence-electron chi connectivity index (χ0n) is 7.16. The molecule has 0 fully saturated rings. The van der Waals surface area contributed by atoms with Crippen LogP contribution >= 0.6 is 0 Å². The number of rotatable bonds is 4. The second kappa shape index (κ2) is 6.23. The lowest BCUT2D eigenvalue weighted by Crippen LogP contribution is -2.07. The van der Waals surface area contributed by atoms with Gasteiger partial charge < -0.3 is 9.47 Å². The van der Waals surface area contributed by atoms with Crippen LogP contribution in [-0.4, -0.2) is 19.7 Å². The van der Waals surface area contributed by atoms with Crippen molar-refractivity contribution in [2.24, 2.45) is 0 Å². The van der Waals surface area contributed by atoms with Crippen molar-refractivity contribution in [3.63, 3.8) is 0 Å². The number of methoxy groups -OCH3 is 1. The molecule has 0 spiro atoms. The highest BCUT2D eigenvalue weighted by Gasteiger charge is 2.09. The standard InChI is InChI=1S/C8H11NO3/c1-3-4-12-8(10)7(5-9)6-11-2/h6H,3-4H2,1-2H3/b7-6+. The van der Waals surface area contributed by atoms with Crippen molar-refractivity contribution in [2.75, 3.05) is 13.7 Å². The van der Waals surface area contributed by atoms with Gasteiger partial charge in [0.15, 0.2) is 5.57 Å². The van der Waals surface area contributed by atoms with Gasteiger partial charge in [-0.25, -0.2) is 4.79 Å². The summed E-state index contributed by atoms with van der Waals surface area (Å²) in [6, 6.07) is 1.67. The van der Waals surface area contributed by atoms with Crippen molar-refractivity contribution in [2.45, 2.75) is 13.3 Å². The molecule has 0 aromatic carbocycles. The maximum Gasteiger partial charge on any atom is 0.352 e. The van der Waals surface area contributed by atoms with Gasteiger partial charge in [-0.3, -0.25) is 0 Å². The summed E-state index contributed by atoms with van der Waals surface area (Å²) in [5.41, 5.74) is -0.119. The molecule has 0 amide bonds. The quantitative estimate of drug-likeness (QED) is 0.272. The normalized spacial score (nSPS) is 10.2. The van der Waals surface area contributed by atoms with Crippen molar-refractivity contribution in [1.29, 1.82) is 5.26 Å². The summed E-state index contributed by atoms with van der Waals surface area (Å²) in [5, 5.41) is 8.43.